The third-order valence-corrected chi connectivity index (χ3v) is 2.92. The molecule has 0 saturated heterocycles. The van der Waals surface area contributed by atoms with Crippen molar-refractivity contribution in [2.45, 2.75) is 12.5 Å². The Balaban J connectivity index is 2.68. The van der Waals surface area contributed by atoms with Crippen molar-refractivity contribution in [3.05, 3.63) is 29.8 Å². The molecule has 0 aliphatic heterocycles. The second-order valence-corrected chi connectivity index (χ2v) is 5.83. The van der Waals surface area contributed by atoms with E-state index in [2.05, 4.69) is 5.09 Å². The van der Waals surface area contributed by atoms with E-state index in [4.69, 9.17) is 10.2 Å². The molecule has 1 unspecified atom stereocenters. The highest BCUT2D eigenvalue weighted by atomic mass is 31.1. The molecule has 0 aliphatic rings. The molecule has 1 aromatic rings. The van der Waals surface area contributed by atoms with E-state index in [1.807, 2.05) is 13.3 Å². The lowest BCUT2D eigenvalue weighted by molar-refractivity contribution is -0.138. The number of hydrogen-bond acceptors (Lipinski definition) is 3. The quantitative estimate of drug-likeness (QED) is 0.685. The normalized spacial score (nSPS) is 12.7. The van der Waals surface area contributed by atoms with Gasteiger partial charge in [-0.1, -0.05) is 12.1 Å². The average Bonchev–Trinajstić information content (AvgIpc) is 2.19. The van der Waals surface area contributed by atoms with Gasteiger partial charge in [-0.25, -0.2) is 0 Å². The average molecular weight is 241 g/mol. The Morgan fingerprint density at radius 1 is 1.38 bits per heavy atom. The molecular weight excluding hydrogens is 225 g/mol. The summed E-state index contributed by atoms with van der Waals surface area (Å²) < 4.78 is 0. The van der Waals surface area contributed by atoms with Gasteiger partial charge < -0.3 is 10.2 Å². The van der Waals surface area contributed by atoms with Crippen LogP contribution in [0.5, 0.6) is 5.75 Å². The number of carboxylic acids is 1. The largest absolute Gasteiger partial charge is 0.508 e. The lowest BCUT2D eigenvalue weighted by Gasteiger charge is -2.17. The summed E-state index contributed by atoms with van der Waals surface area (Å²) in [5, 5.41) is 21.2. The molecule has 88 valence electrons. The van der Waals surface area contributed by atoms with Crippen LogP contribution in [0.25, 0.3) is 0 Å². The zero-order valence-corrected chi connectivity index (χ0v) is 10.2. The Hall–Kier alpha value is -1.12. The molecule has 0 aliphatic carbocycles. The number of carboxylic acid groups (broad SMARTS) is 1. The summed E-state index contributed by atoms with van der Waals surface area (Å²) in [7, 11) is -0.455. The van der Waals surface area contributed by atoms with Gasteiger partial charge in [-0.05, 0) is 45.5 Å². The van der Waals surface area contributed by atoms with Crippen molar-refractivity contribution in [1.82, 2.24) is 5.09 Å². The van der Waals surface area contributed by atoms with Crippen molar-refractivity contribution in [2.24, 2.45) is 0 Å². The summed E-state index contributed by atoms with van der Waals surface area (Å²) in [5.41, 5.74) is 0.898. The SMILES string of the molecule is CP(C)NC(Cc1ccc(O)cc1)C(=O)O. The maximum Gasteiger partial charge on any atom is 0.321 e. The zero-order chi connectivity index (χ0) is 12.1. The first-order valence-electron chi connectivity index (χ1n) is 4.93. The lowest BCUT2D eigenvalue weighted by atomic mass is 10.1. The topological polar surface area (TPSA) is 69.6 Å². The van der Waals surface area contributed by atoms with Crippen LogP contribution in [0.3, 0.4) is 0 Å². The standard InChI is InChI=1S/C11H16NO3P/c1-16(2)12-10(11(14)15)7-8-3-5-9(13)6-4-8/h3-6,10,12-13H,7H2,1-2H3,(H,14,15). The Morgan fingerprint density at radius 2 is 1.94 bits per heavy atom. The van der Waals surface area contributed by atoms with Gasteiger partial charge in [0, 0.05) is 0 Å². The second kappa shape index (κ2) is 5.83. The Labute approximate surface area is 96.1 Å². The second-order valence-electron chi connectivity index (χ2n) is 3.78. The number of phenolic OH excluding ortho intramolecular Hbond substituents is 1. The molecule has 0 spiro atoms. The van der Waals surface area contributed by atoms with Gasteiger partial charge >= 0.3 is 5.97 Å². The van der Waals surface area contributed by atoms with E-state index in [-0.39, 0.29) is 5.75 Å². The maximum atomic E-state index is 11.0. The van der Waals surface area contributed by atoms with Crippen molar-refractivity contribution in [2.75, 3.05) is 13.3 Å². The summed E-state index contributed by atoms with van der Waals surface area (Å²) in [6.45, 7) is 3.95. The smallest absolute Gasteiger partial charge is 0.321 e. The minimum Gasteiger partial charge on any atom is -0.508 e. The van der Waals surface area contributed by atoms with Gasteiger partial charge in [-0.15, -0.1) is 0 Å². The molecule has 0 saturated carbocycles. The fourth-order valence-electron chi connectivity index (χ4n) is 1.37. The van der Waals surface area contributed by atoms with Crippen LogP contribution in [0.1, 0.15) is 5.56 Å². The van der Waals surface area contributed by atoms with Crippen LogP contribution in [0.4, 0.5) is 0 Å². The first-order valence-corrected chi connectivity index (χ1v) is 7.17. The van der Waals surface area contributed by atoms with E-state index in [1.54, 1.807) is 24.3 Å². The molecule has 0 fully saturated rings. The Morgan fingerprint density at radius 3 is 2.38 bits per heavy atom. The number of aliphatic carboxylic acids is 1. The van der Waals surface area contributed by atoms with E-state index in [9.17, 15) is 4.79 Å². The third kappa shape index (κ3) is 4.17. The molecule has 1 aromatic carbocycles. The summed E-state index contributed by atoms with van der Waals surface area (Å²) in [5.74, 6) is -0.652. The molecule has 0 aromatic heterocycles. The minimum absolute atomic E-state index is 0.191. The molecule has 0 amide bonds. The van der Waals surface area contributed by atoms with Crippen LogP contribution in [0, 0.1) is 0 Å². The molecule has 1 atom stereocenters. The number of nitrogens with one attached hydrogen (secondary N) is 1. The van der Waals surface area contributed by atoms with Gasteiger partial charge in [-0.2, -0.15) is 0 Å². The van der Waals surface area contributed by atoms with Crippen LogP contribution in [-0.4, -0.2) is 35.6 Å². The van der Waals surface area contributed by atoms with Crippen LogP contribution in [-0.2, 0) is 11.2 Å². The first-order chi connectivity index (χ1) is 7.49. The molecule has 4 nitrogen and oxygen atoms in total. The molecule has 16 heavy (non-hydrogen) atoms. The van der Waals surface area contributed by atoms with Gasteiger partial charge in [0.05, 0.1) is 0 Å². The predicted molar refractivity (Wildman–Crippen MR) is 65.1 cm³/mol. The Kier molecular flexibility index (Phi) is 4.71. The molecule has 0 heterocycles. The molecule has 3 N–H and O–H groups in total. The monoisotopic (exact) mass is 241 g/mol. The van der Waals surface area contributed by atoms with Crippen molar-refractivity contribution in [3.63, 3.8) is 0 Å². The van der Waals surface area contributed by atoms with Gasteiger partial charge in [0.2, 0.25) is 0 Å². The number of hydrogen-bond donors (Lipinski definition) is 3. The van der Waals surface area contributed by atoms with Crippen LogP contribution >= 0.6 is 8.07 Å². The lowest BCUT2D eigenvalue weighted by Crippen LogP contribution is -2.35. The van der Waals surface area contributed by atoms with Crippen LogP contribution in [0.15, 0.2) is 24.3 Å². The fourth-order valence-corrected chi connectivity index (χ4v) is 2.19. The van der Waals surface area contributed by atoms with Gasteiger partial charge in [-0.3, -0.25) is 9.88 Å². The van der Waals surface area contributed by atoms with E-state index < -0.39 is 20.1 Å². The maximum absolute atomic E-state index is 11.0. The number of carbonyl (C=O) groups is 1. The van der Waals surface area contributed by atoms with Gasteiger partial charge in [0.15, 0.2) is 0 Å². The first kappa shape index (κ1) is 12.9. The third-order valence-electron chi connectivity index (χ3n) is 2.09. The Bertz CT molecular complexity index is 351. The van der Waals surface area contributed by atoms with Crippen molar-refractivity contribution >= 4 is 14.0 Å². The van der Waals surface area contributed by atoms with Crippen LogP contribution in [0.2, 0.25) is 0 Å². The highest BCUT2D eigenvalue weighted by molar-refractivity contribution is 7.53. The summed E-state index contributed by atoms with van der Waals surface area (Å²) in [6, 6.07) is 6.04. The molecule has 5 heteroatoms. The summed E-state index contributed by atoms with van der Waals surface area (Å²) >= 11 is 0. The molecule has 0 bridgehead atoms. The van der Waals surface area contributed by atoms with E-state index in [0.717, 1.165) is 5.56 Å². The van der Waals surface area contributed by atoms with Gasteiger partial charge in [0.25, 0.3) is 0 Å². The number of benzene rings is 1. The van der Waals surface area contributed by atoms with E-state index in [1.165, 1.54) is 0 Å². The van der Waals surface area contributed by atoms with Crippen molar-refractivity contribution < 1.29 is 15.0 Å². The number of aromatic hydroxyl groups is 1. The highest BCUT2D eigenvalue weighted by Crippen LogP contribution is 2.20. The number of phenols is 1. The number of rotatable bonds is 5. The summed E-state index contributed by atoms with van der Waals surface area (Å²) in [6.07, 6.45) is 0.427. The van der Waals surface area contributed by atoms with Crippen molar-refractivity contribution in [1.29, 1.82) is 0 Å². The van der Waals surface area contributed by atoms with E-state index >= 15 is 0 Å². The molecule has 1 rings (SSSR count). The van der Waals surface area contributed by atoms with E-state index in [0.29, 0.717) is 6.42 Å². The fraction of sp³-hybridized carbons (Fsp3) is 0.364. The predicted octanol–water partition coefficient (Wildman–Crippen LogP) is 1.63. The summed E-state index contributed by atoms with van der Waals surface area (Å²) in [4.78, 5) is 11.0. The molecule has 0 radical (unpaired) electrons. The van der Waals surface area contributed by atoms with Crippen LogP contribution < -0.4 is 5.09 Å². The molecular formula is C11H16NO3P. The highest BCUT2D eigenvalue weighted by Gasteiger charge is 2.18. The van der Waals surface area contributed by atoms with Gasteiger partial charge in [0.1, 0.15) is 11.8 Å². The van der Waals surface area contributed by atoms with Crippen molar-refractivity contribution in [3.8, 4) is 5.75 Å². The zero-order valence-electron chi connectivity index (χ0n) is 9.34. The minimum atomic E-state index is -0.843.